The lowest BCUT2D eigenvalue weighted by molar-refractivity contribution is -0.114. The summed E-state index contributed by atoms with van der Waals surface area (Å²) in [7, 11) is 0. The molecule has 29 heavy (non-hydrogen) atoms. The Bertz CT molecular complexity index is 1040. The van der Waals surface area contributed by atoms with Gasteiger partial charge in [-0.2, -0.15) is 0 Å². The largest absolute Gasteiger partial charge is 0.326 e. The van der Waals surface area contributed by atoms with Crippen LogP contribution in [0.15, 0.2) is 72.8 Å². The molecule has 0 saturated carbocycles. The van der Waals surface area contributed by atoms with Crippen molar-refractivity contribution in [2.45, 2.75) is 13.8 Å². The molecule has 0 atom stereocenters. The van der Waals surface area contributed by atoms with Crippen LogP contribution in [0.4, 0.5) is 17.1 Å². The Morgan fingerprint density at radius 2 is 1.21 bits per heavy atom. The van der Waals surface area contributed by atoms with Crippen molar-refractivity contribution in [2.75, 3.05) is 16.0 Å². The molecule has 0 heterocycles. The van der Waals surface area contributed by atoms with Crippen LogP contribution in [0, 0.1) is 6.92 Å². The first-order valence-electron chi connectivity index (χ1n) is 9.08. The third-order valence-corrected chi connectivity index (χ3v) is 4.25. The maximum absolute atomic E-state index is 12.5. The topological polar surface area (TPSA) is 87.3 Å². The molecule has 3 amide bonds. The maximum atomic E-state index is 12.5. The monoisotopic (exact) mass is 387 g/mol. The molecule has 0 spiro atoms. The van der Waals surface area contributed by atoms with Crippen LogP contribution in [0.3, 0.4) is 0 Å². The smallest absolute Gasteiger partial charge is 0.255 e. The van der Waals surface area contributed by atoms with Crippen LogP contribution in [0.1, 0.15) is 33.2 Å². The number of hydrogen-bond donors (Lipinski definition) is 3. The fraction of sp³-hybridized carbons (Fsp3) is 0.0870. The third kappa shape index (κ3) is 5.29. The Hall–Kier alpha value is -3.93. The van der Waals surface area contributed by atoms with Gasteiger partial charge in [-0.3, -0.25) is 14.4 Å². The molecule has 0 bridgehead atoms. The molecular formula is C23H21N3O3. The zero-order chi connectivity index (χ0) is 20.8. The number of para-hydroxylation sites is 1. The van der Waals surface area contributed by atoms with Crippen LogP contribution in [-0.4, -0.2) is 17.7 Å². The van der Waals surface area contributed by atoms with E-state index in [4.69, 9.17) is 0 Å². The van der Waals surface area contributed by atoms with Gasteiger partial charge in [0.15, 0.2) is 0 Å². The van der Waals surface area contributed by atoms with Gasteiger partial charge in [-0.05, 0) is 61.0 Å². The second-order valence-electron chi connectivity index (χ2n) is 6.56. The zero-order valence-electron chi connectivity index (χ0n) is 16.2. The van der Waals surface area contributed by atoms with Gasteiger partial charge in [-0.1, -0.05) is 24.3 Å². The molecule has 0 aliphatic carbocycles. The van der Waals surface area contributed by atoms with E-state index in [1.807, 2.05) is 37.3 Å². The number of amides is 3. The average molecular weight is 387 g/mol. The lowest BCUT2D eigenvalue weighted by atomic mass is 10.1. The fourth-order valence-corrected chi connectivity index (χ4v) is 2.72. The van der Waals surface area contributed by atoms with Gasteiger partial charge in [0, 0.05) is 35.1 Å². The summed E-state index contributed by atoms with van der Waals surface area (Å²) in [5, 5.41) is 8.31. The van der Waals surface area contributed by atoms with E-state index in [1.54, 1.807) is 42.5 Å². The van der Waals surface area contributed by atoms with Gasteiger partial charge < -0.3 is 16.0 Å². The van der Waals surface area contributed by atoms with Crippen LogP contribution >= 0.6 is 0 Å². The highest BCUT2D eigenvalue weighted by atomic mass is 16.2. The Morgan fingerprint density at radius 3 is 1.83 bits per heavy atom. The molecule has 0 fully saturated rings. The van der Waals surface area contributed by atoms with E-state index in [0.717, 1.165) is 5.56 Å². The number of aryl methyl sites for hydroxylation is 1. The molecular weight excluding hydrogens is 366 g/mol. The summed E-state index contributed by atoms with van der Waals surface area (Å²) >= 11 is 0. The number of benzene rings is 3. The Morgan fingerprint density at radius 1 is 0.655 bits per heavy atom. The van der Waals surface area contributed by atoms with Gasteiger partial charge in [0.05, 0.1) is 0 Å². The van der Waals surface area contributed by atoms with Crippen LogP contribution < -0.4 is 16.0 Å². The van der Waals surface area contributed by atoms with Crippen molar-refractivity contribution in [1.82, 2.24) is 0 Å². The number of carbonyl (C=O) groups excluding carboxylic acids is 3. The van der Waals surface area contributed by atoms with E-state index in [9.17, 15) is 14.4 Å². The fourth-order valence-electron chi connectivity index (χ4n) is 2.72. The standard InChI is InChI=1S/C23H21N3O3/c1-15-8-9-18(14-21(15)24-16(2)27)23(29)26-20-12-10-17(11-13-20)22(28)25-19-6-4-3-5-7-19/h3-14H,1-2H3,(H,24,27)(H,25,28)(H,26,29). The average Bonchev–Trinajstić information content (AvgIpc) is 2.70. The zero-order valence-corrected chi connectivity index (χ0v) is 16.2. The highest BCUT2D eigenvalue weighted by Crippen LogP contribution is 2.19. The molecule has 3 rings (SSSR count). The van der Waals surface area contributed by atoms with Gasteiger partial charge in [0.2, 0.25) is 5.91 Å². The summed E-state index contributed by atoms with van der Waals surface area (Å²) in [6.07, 6.45) is 0. The van der Waals surface area contributed by atoms with E-state index in [1.165, 1.54) is 6.92 Å². The number of anilines is 3. The molecule has 0 radical (unpaired) electrons. The van der Waals surface area contributed by atoms with E-state index in [2.05, 4.69) is 16.0 Å². The first kappa shape index (κ1) is 19.8. The normalized spacial score (nSPS) is 10.1. The van der Waals surface area contributed by atoms with Crippen LogP contribution in [0.2, 0.25) is 0 Å². The van der Waals surface area contributed by atoms with Crippen molar-refractivity contribution in [2.24, 2.45) is 0 Å². The number of nitrogens with one attached hydrogen (secondary N) is 3. The minimum absolute atomic E-state index is 0.199. The third-order valence-electron chi connectivity index (χ3n) is 4.25. The first-order chi connectivity index (χ1) is 13.9. The predicted octanol–water partition coefficient (Wildman–Crippen LogP) is 4.46. The van der Waals surface area contributed by atoms with Crippen LogP contribution in [0.25, 0.3) is 0 Å². The molecule has 6 heteroatoms. The molecule has 0 saturated heterocycles. The van der Waals surface area contributed by atoms with Crippen molar-refractivity contribution >= 4 is 34.8 Å². The second kappa shape index (κ2) is 8.84. The Labute approximate surface area is 169 Å². The summed E-state index contributed by atoms with van der Waals surface area (Å²) in [5.74, 6) is -0.735. The summed E-state index contributed by atoms with van der Waals surface area (Å²) in [6, 6.07) is 20.9. The number of rotatable bonds is 5. The molecule has 3 aromatic rings. The van der Waals surface area contributed by atoms with Gasteiger partial charge >= 0.3 is 0 Å². The quantitative estimate of drug-likeness (QED) is 0.604. The van der Waals surface area contributed by atoms with Gasteiger partial charge in [-0.15, -0.1) is 0 Å². The minimum Gasteiger partial charge on any atom is -0.326 e. The number of hydrogen-bond acceptors (Lipinski definition) is 3. The summed E-state index contributed by atoms with van der Waals surface area (Å²) < 4.78 is 0. The SMILES string of the molecule is CC(=O)Nc1cc(C(=O)Nc2ccc(C(=O)Nc3ccccc3)cc2)ccc1C. The second-order valence-corrected chi connectivity index (χ2v) is 6.56. The lowest BCUT2D eigenvalue weighted by Gasteiger charge is -2.10. The van der Waals surface area contributed by atoms with Crippen molar-refractivity contribution in [1.29, 1.82) is 0 Å². The minimum atomic E-state index is -0.307. The summed E-state index contributed by atoms with van der Waals surface area (Å²) in [4.78, 5) is 36.1. The van der Waals surface area contributed by atoms with E-state index in [-0.39, 0.29) is 17.7 Å². The lowest BCUT2D eigenvalue weighted by Crippen LogP contribution is -2.14. The molecule has 0 aromatic heterocycles. The van der Waals surface area contributed by atoms with Crippen molar-refractivity contribution in [3.63, 3.8) is 0 Å². The molecule has 3 aromatic carbocycles. The summed E-state index contributed by atoms with van der Waals surface area (Å²) in [6.45, 7) is 3.27. The highest BCUT2D eigenvalue weighted by Gasteiger charge is 2.11. The molecule has 0 unspecified atom stereocenters. The highest BCUT2D eigenvalue weighted by molar-refractivity contribution is 6.07. The van der Waals surface area contributed by atoms with E-state index < -0.39 is 0 Å². The first-order valence-corrected chi connectivity index (χ1v) is 9.08. The molecule has 0 aliphatic rings. The van der Waals surface area contributed by atoms with E-state index >= 15 is 0 Å². The van der Waals surface area contributed by atoms with Crippen molar-refractivity contribution in [3.8, 4) is 0 Å². The molecule has 3 N–H and O–H groups in total. The van der Waals surface area contributed by atoms with Gasteiger partial charge in [-0.25, -0.2) is 0 Å². The van der Waals surface area contributed by atoms with Gasteiger partial charge in [0.25, 0.3) is 11.8 Å². The number of carbonyl (C=O) groups is 3. The Balaban J connectivity index is 1.67. The van der Waals surface area contributed by atoms with E-state index in [0.29, 0.717) is 28.2 Å². The van der Waals surface area contributed by atoms with Crippen molar-refractivity contribution < 1.29 is 14.4 Å². The van der Waals surface area contributed by atoms with Crippen LogP contribution in [-0.2, 0) is 4.79 Å². The molecule has 146 valence electrons. The molecule has 0 aliphatic heterocycles. The maximum Gasteiger partial charge on any atom is 0.255 e. The predicted molar refractivity (Wildman–Crippen MR) is 114 cm³/mol. The van der Waals surface area contributed by atoms with Gasteiger partial charge in [0.1, 0.15) is 0 Å². The summed E-state index contributed by atoms with van der Waals surface area (Å²) in [5.41, 5.74) is 3.64. The molecule has 6 nitrogen and oxygen atoms in total. The van der Waals surface area contributed by atoms with Crippen LogP contribution in [0.5, 0.6) is 0 Å². The van der Waals surface area contributed by atoms with Crippen molar-refractivity contribution in [3.05, 3.63) is 89.5 Å². The Kier molecular flexibility index (Phi) is 6.04.